The van der Waals surface area contributed by atoms with E-state index in [2.05, 4.69) is 31.1 Å². The Balaban J connectivity index is 4.25. The van der Waals surface area contributed by atoms with Crippen molar-refractivity contribution in [2.45, 2.75) is 59.6 Å². The van der Waals surface area contributed by atoms with Gasteiger partial charge in [-0.1, -0.05) is 6.92 Å². The van der Waals surface area contributed by atoms with Gasteiger partial charge in [-0.25, -0.2) is 4.99 Å². The predicted molar refractivity (Wildman–Crippen MR) is 61.7 cm³/mol. The molecule has 1 N–H and O–H groups in total. The second-order valence-electron chi connectivity index (χ2n) is 4.70. The van der Waals surface area contributed by atoms with Gasteiger partial charge in [-0.2, -0.15) is 0 Å². The van der Waals surface area contributed by atoms with Gasteiger partial charge in [0.15, 0.2) is 0 Å². The van der Waals surface area contributed by atoms with Gasteiger partial charge in [-0.3, -0.25) is 0 Å². The molecule has 84 valence electrons. The highest BCUT2D eigenvalue weighted by molar-refractivity contribution is 5.74. The van der Waals surface area contributed by atoms with E-state index in [4.69, 9.17) is 4.74 Å². The summed E-state index contributed by atoms with van der Waals surface area (Å²) < 4.78 is 5.69. The number of hydrogen-bond acceptors (Lipinski definition) is 2. The van der Waals surface area contributed by atoms with Gasteiger partial charge in [0.2, 0.25) is 0 Å². The molecule has 3 heteroatoms. The zero-order chi connectivity index (χ0) is 11.2. The highest BCUT2D eigenvalue weighted by Crippen LogP contribution is 2.07. The number of hydrogen-bond donors (Lipinski definition) is 1. The first kappa shape index (κ1) is 13.3. The van der Waals surface area contributed by atoms with E-state index in [0.29, 0.717) is 12.1 Å². The SMILES string of the molecule is CCCN=C(NC(C)C)OC(C)(C)C. The number of nitrogens with zero attached hydrogens (tertiary/aromatic N) is 1. The Bertz CT molecular complexity index is 180. The molecule has 0 fully saturated rings. The lowest BCUT2D eigenvalue weighted by Gasteiger charge is -2.24. The maximum Gasteiger partial charge on any atom is 0.285 e. The average molecular weight is 200 g/mol. The summed E-state index contributed by atoms with van der Waals surface area (Å²) in [6.45, 7) is 13.1. The van der Waals surface area contributed by atoms with Crippen LogP contribution in [0.15, 0.2) is 4.99 Å². The molecule has 0 aromatic heterocycles. The summed E-state index contributed by atoms with van der Waals surface area (Å²) in [5, 5.41) is 3.20. The van der Waals surface area contributed by atoms with Crippen molar-refractivity contribution in [2.75, 3.05) is 6.54 Å². The first-order chi connectivity index (χ1) is 6.35. The van der Waals surface area contributed by atoms with Gasteiger partial charge >= 0.3 is 0 Å². The number of ether oxygens (including phenoxy) is 1. The topological polar surface area (TPSA) is 33.6 Å². The van der Waals surface area contributed by atoms with E-state index in [0.717, 1.165) is 13.0 Å². The van der Waals surface area contributed by atoms with Crippen molar-refractivity contribution in [1.82, 2.24) is 5.32 Å². The molecule has 0 radical (unpaired) electrons. The van der Waals surface area contributed by atoms with Crippen LogP contribution in [0.1, 0.15) is 48.0 Å². The minimum Gasteiger partial charge on any atom is -0.460 e. The van der Waals surface area contributed by atoms with Crippen LogP contribution >= 0.6 is 0 Å². The maximum absolute atomic E-state index is 5.69. The van der Waals surface area contributed by atoms with Crippen LogP contribution in [-0.2, 0) is 4.74 Å². The maximum atomic E-state index is 5.69. The van der Waals surface area contributed by atoms with Crippen molar-refractivity contribution in [1.29, 1.82) is 0 Å². The highest BCUT2D eigenvalue weighted by atomic mass is 16.5. The summed E-state index contributed by atoms with van der Waals surface area (Å²) in [5.41, 5.74) is -0.186. The van der Waals surface area contributed by atoms with Crippen LogP contribution in [0.3, 0.4) is 0 Å². The van der Waals surface area contributed by atoms with Crippen LogP contribution < -0.4 is 5.32 Å². The van der Waals surface area contributed by atoms with E-state index in [9.17, 15) is 0 Å². The van der Waals surface area contributed by atoms with Crippen LogP contribution in [-0.4, -0.2) is 24.2 Å². The molecule has 0 saturated carbocycles. The highest BCUT2D eigenvalue weighted by Gasteiger charge is 2.14. The molecule has 0 rings (SSSR count). The fourth-order valence-electron chi connectivity index (χ4n) is 0.858. The second-order valence-corrected chi connectivity index (χ2v) is 4.70. The molecule has 0 aliphatic carbocycles. The molecule has 0 spiro atoms. The number of nitrogens with one attached hydrogen (secondary N) is 1. The summed E-state index contributed by atoms with van der Waals surface area (Å²) in [4.78, 5) is 4.35. The first-order valence-corrected chi connectivity index (χ1v) is 5.35. The van der Waals surface area contributed by atoms with E-state index in [-0.39, 0.29) is 5.60 Å². The van der Waals surface area contributed by atoms with E-state index >= 15 is 0 Å². The van der Waals surface area contributed by atoms with Crippen LogP contribution in [0, 0.1) is 0 Å². The molecule has 0 aliphatic rings. The van der Waals surface area contributed by atoms with Gasteiger partial charge in [0, 0.05) is 12.6 Å². The zero-order valence-electron chi connectivity index (χ0n) is 10.3. The lowest BCUT2D eigenvalue weighted by atomic mass is 10.2. The summed E-state index contributed by atoms with van der Waals surface area (Å²) in [7, 11) is 0. The summed E-state index contributed by atoms with van der Waals surface area (Å²) in [6.07, 6.45) is 1.04. The predicted octanol–water partition coefficient (Wildman–Crippen LogP) is 2.57. The fraction of sp³-hybridized carbons (Fsp3) is 0.909. The largest absolute Gasteiger partial charge is 0.460 e. The van der Waals surface area contributed by atoms with Crippen molar-refractivity contribution in [3.05, 3.63) is 0 Å². The molecule has 0 atom stereocenters. The standard InChI is InChI=1S/C11H24N2O/c1-7-8-12-10(13-9(2)3)14-11(4,5)6/h9H,7-8H2,1-6H3,(H,12,13). The van der Waals surface area contributed by atoms with Crippen LogP contribution in [0.25, 0.3) is 0 Å². The van der Waals surface area contributed by atoms with Gasteiger partial charge in [0.1, 0.15) is 5.60 Å². The number of aliphatic imine (C=N–C) groups is 1. The first-order valence-electron chi connectivity index (χ1n) is 5.35. The molecule has 14 heavy (non-hydrogen) atoms. The van der Waals surface area contributed by atoms with Crippen LogP contribution in [0.4, 0.5) is 0 Å². The fourth-order valence-corrected chi connectivity index (χ4v) is 0.858. The van der Waals surface area contributed by atoms with Crippen molar-refractivity contribution in [3.8, 4) is 0 Å². The van der Waals surface area contributed by atoms with Crippen molar-refractivity contribution in [3.63, 3.8) is 0 Å². The molecule has 0 unspecified atom stereocenters. The molecule has 3 nitrogen and oxygen atoms in total. The third kappa shape index (κ3) is 7.90. The quantitative estimate of drug-likeness (QED) is 0.561. The molecule has 0 aliphatic heterocycles. The van der Waals surface area contributed by atoms with Crippen LogP contribution in [0.5, 0.6) is 0 Å². The Kier molecular flexibility index (Phi) is 5.58. The van der Waals surface area contributed by atoms with Gasteiger partial charge in [0.05, 0.1) is 0 Å². The minimum atomic E-state index is -0.186. The Labute approximate surface area is 87.9 Å². The van der Waals surface area contributed by atoms with E-state index in [1.165, 1.54) is 0 Å². The van der Waals surface area contributed by atoms with E-state index < -0.39 is 0 Å². The van der Waals surface area contributed by atoms with Gasteiger partial charge < -0.3 is 10.1 Å². The molecule has 0 saturated heterocycles. The average Bonchev–Trinajstić information content (AvgIpc) is 1.96. The molecular formula is C11H24N2O. The molecule has 0 amide bonds. The Hall–Kier alpha value is -0.730. The Morgan fingerprint density at radius 3 is 2.29 bits per heavy atom. The molecule has 0 heterocycles. The number of amidine groups is 1. The summed E-state index contributed by atoms with van der Waals surface area (Å²) in [6, 6.07) is 1.02. The van der Waals surface area contributed by atoms with Crippen molar-refractivity contribution < 1.29 is 4.74 Å². The number of rotatable bonds is 3. The molecule has 0 aromatic rings. The summed E-state index contributed by atoms with van der Waals surface area (Å²) in [5.74, 6) is 0. The Morgan fingerprint density at radius 1 is 1.36 bits per heavy atom. The minimum absolute atomic E-state index is 0.186. The Morgan fingerprint density at radius 2 is 1.93 bits per heavy atom. The lowest BCUT2D eigenvalue weighted by molar-refractivity contribution is 0.107. The monoisotopic (exact) mass is 200 g/mol. The molecule has 0 aromatic carbocycles. The van der Waals surface area contributed by atoms with E-state index in [1.807, 2.05) is 20.8 Å². The molecule has 0 bridgehead atoms. The lowest BCUT2D eigenvalue weighted by Crippen LogP contribution is -2.37. The van der Waals surface area contributed by atoms with Gasteiger partial charge in [-0.05, 0) is 41.0 Å². The summed E-state index contributed by atoms with van der Waals surface area (Å²) >= 11 is 0. The third-order valence-electron chi connectivity index (χ3n) is 1.29. The third-order valence-corrected chi connectivity index (χ3v) is 1.29. The van der Waals surface area contributed by atoms with Crippen LogP contribution in [0.2, 0.25) is 0 Å². The zero-order valence-corrected chi connectivity index (χ0v) is 10.3. The van der Waals surface area contributed by atoms with E-state index in [1.54, 1.807) is 0 Å². The van der Waals surface area contributed by atoms with Crippen molar-refractivity contribution in [2.24, 2.45) is 4.99 Å². The molecular weight excluding hydrogens is 176 g/mol. The van der Waals surface area contributed by atoms with Gasteiger partial charge in [0.25, 0.3) is 6.02 Å². The van der Waals surface area contributed by atoms with Crippen molar-refractivity contribution >= 4 is 6.02 Å². The second kappa shape index (κ2) is 5.89. The normalized spacial score (nSPS) is 13.2. The smallest absolute Gasteiger partial charge is 0.285 e. The van der Waals surface area contributed by atoms with Gasteiger partial charge in [-0.15, -0.1) is 0 Å².